The van der Waals surface area contributed by atoms with Crippen molar-refractivity contribution in [3.05, 3.63) is 35.3 Å². The second kappa shape index (κ2) is 5.96. The van der Waals surface area contributed by atoms with Crippen LogP contribution in [0.2, 0.25) is 0 Å². The average molecular weight is 256 g/mol. The number of nitriles is 1. The summed E-state index contributed by atoms with van der Waals surface area (Å²) in [5, 5.41) is 24.5. The van der Waals surface area contributed by atoms with Crippen molar-refractivity contribution < 1.29 is 0 Å². The van der Waals surface area contributed by atoms with Crippen LogP contribution in [0.25, 0.3) is 0 Å². The van der Waals surface area contributed by atoms with E-state index in [1.54, 1.807) is 6.20 Å². The highest BCUT2D eigenvalue weighted by molar-refractivity contribution is 5.55. The molecule has 0 bridgehead atoms. The van der Waals surface area contributed by atoms with Crippen molar-refractivity contribution >= 4 is 5.82 Å². The minimum absolute atomic E-state index is 0.561. The van der Waals surface area contributed by atoms with Crippen LogP contribution in [0, 0.1) is 25.2 Å². The summed E-state index contributed by atoms with van der Waals surface area (Å²) in [5.74, 6) is 0.561. The molecule has 2 aromatic rings. The van der Waals surface area contributed by atoms with Crippen LogP contribution in [0.1, 0.15) is 23.2 Å². The fraction of sp³-hybridized carbons (Fsp3) is 0.385. The first-order chi connectivity index (χ1) is 9.22. The summed E-state index contributed by atoms with van der Waals surface area (Å²) < 4.78 is 1.87. The predicted molar refractivity (Wildman–Crippen MR) is 71.6 cm³/mol. The van der Waals surface area contributed by atoms with E-state index in [1.165, 1.54) is 0 Å². The Morgan fingerprint density at radius 2 is 2.21 bits per heavy atom. The Morgan fingerprint density at radius 3 is 2.89 bits per heavy atom. The van der Waals surface area contributed by atoms with E-state index in [0.717, 1.165) is 30.8 Å². The molecule has 6 nitrogen and oxygen atoms in total. The number of nitrogens with zero attached hydrogens (tertiary/aromatic N) is 5. The molecule has 2 heterocycles. The third-order valence-electron chi connectivity index (χ3n) is 2.98. The van der Waals surface area contributed by atoms with Crippen molar-refractivity contribution in [1.29, 1.82) is 5.26 Å². The lowest BCUT2D eigenvalue weighted by Gasteiger charge is -2.09. The lowest BCUT2D eigenvalue weighted by atomic mass is 10.1. The zero-order valence-corrected chi connectivity index (χ0v) is 11.1. The van der Waals surface area contributed by atoms with Gasteiger partial charge < -0.3 is 5.32 Å². The van der Waals surface area contributed by atoms with Gasteiger partial charge in [0.2, 0.25) is 0 Å². The van der Waals surface area contributed by atoms with Crippen molar-refractivity contribution in [3.63, 3.8) is 0 Å². The lowest BCUT2D eigenvalue weighted by molar-refractivity contribution is 0.591. The summed E-state index contributed by atoms with van der Waals surface area (Å²) in [7, 11) is 0. The number of rotatable bonds is 5. The van der Waals surface area contributed by atoms with E-state index in [1.807, 2.05) is 30.8 Å². The van der Waals surface area contributed by atoms with Gasteiger partial charge in [-0.2, -0.15) is 15.5 Å². The van der Waals surface area contributed by atoms with Crippen molar-refractivity contribution in [2.24, 2.45) is 0 Å². The molecule has 98 valence electrons. The monoisotopic (exact) mass is 256 g/mol. The lowest BCUT2D eigenvalue weighted by Crippen LogP contribution is -2.11. The number of aryl methyl sites for hydroxylation is 2. The Morgan fingerprint density at radius 1 is 1.37 bits per heavy atom. The smallest absolute Gasteiger partial charge is 0.166 e. The van der Waals surface area contributed by atoms with E-state index in [0.29, 0.717) is 11.4 Å². The molecule has 19 heavy (non-hydrogen) atoms. The fourth-order valence-corrected chi connectivity index (χ4v) is 1.75. The molecule has 0 amide bonds. The highest BCUT2D eigenvalue weighted by Crippen LogP contribution is 2.16. The molecule has 1 N–H and O–H groups in total. The molecule has 2 rings (SSSR count). The number of aromatic nitrogens is 4. The molecule has 0 saturated carbocycles. The Kier molecular flexibility index (Phi) is 4.08. The molecule has 0 radical (unpaired) electrons. The maximum Gasteiger partial charge on any atom is 0.166 e. The zero-order valence-electron chi connectivity index (χ0n) is 11.1. The third kappa shape index (κ3) is 3.07. The van der Waals surface area contributed by atoms with E-state index in [4.69, 9.17) is 5.26 Å². The molecule has 6 heteroatoms. The highest BCUT2D eigenvalue weighted by Gasteiger charge is 2.09. The molecule has 0 aliphatic carbocycles. The van der Waals surface area contributed by atoms with Crippen LogP contribution in [0.4, 0.5) is 5.82 Å². The van der Waals surface area contributed by atoms with Gasteiger partial charge in [-0.15, -0.1) is 5.10 Å². The van der Waals surface area contributed by atoms with Crippen LogP contribution in [0.5, 0.6) is 0 Å². The van der Waals surface area contributed by atoms with Gasteiger partial charge in [-0.3, -0.25) is 4.68 Å². The standard InChI is InChI=1S/C13H16N6/c1-10-11(2)17-18-13(12(10)9-14)15-5-3-7-19-8-4-6-16-19/h4,6,8H,3,5,7H2,1-2H3,(H,15,18). The van der Waals surface area contributed by atoms with E-state index in [2.05, 4.69) is 26.7 Å². The molecule has 0 atom stereocenters. The zero-order chi connectivity index (χ0) is 13.7. The first-order valence-electron chi connectivity index (χ1n) is 6.17. The van der Waals surface area contributed by atoms with Gasteiger partial charge in [0.25, 0.3) is 0 Å². The second-order valence-electron chi connectivity index (χ2n) is 4.30. The quantitative estimate of drug-likeness (QED) is 0.823. The fourth-order valence-electron chi connectivity index (χ4n) is 1.75. The Labute approximate surface area is 112 Å². The van der Waals surface area contributed by atoms with Crippen LogP contribution in [-0.2, 0) is 6.54 Å². The molecule has 0 aliphatic heterocycles. The maximum absolute atomic E-state index is 9.16. The molecule has 0 aliphatic rings. The summed E-state index contributed by atoms with van der Waals surface area (Å²) in [4.78, 5) is 0. The first kappa shape index (κ1) is 13.0. The molecular formula is C13H16N6. The summed E-state index contributed by atoms with van der Waals surface area (Å²) in [6.45, 7) is 5.30. The highest BCUT2D eigenvalue weighted by atomic mass is 15.3. The van der Waals surface area contributed by atoms with Crippen LogP contribution < -0.4 is 5.32 Å². The average Bonchev–Trinajstić information content (AvgIpc) is 2.92. The van der Waals surface area contributed by atoms with Crippen LogP contribution in [0.15, 0.2) is 18.5 Å². The van der Waals surface area contributed by atoms with Gasteiger partial charge in [-0.1, -0.05) is 0 Å². The van der Waals surface area contributed by atoms with Gasteiger partial charge in [0.15, 0.2) is 5.82 Å². The topological polar surface area (TPSA) is 79.4 Å². The minimum atomic E-state index is 0.561. The Hall–Kier alpha value is -2.42. The summed E-state index contributed by atoms with van der Waals surface area (Å²) >= 11 is 0. The van der Waals surface area contributed by atoms with Gasteiger partial charge in [0, 0.05) is 25.5 Å². The largest absolute Gasteiger partial charge is 0.367 e. The maximum atomic E-state index is 9.16. The van der Waals surface area contributed by atoms with Gasteiger partial charge in [-0.25, -0.2) is 0 Å². The summed E-state index contributed by atoms with van der Waals surface area (Å²) in [6, 6.07) is 4.08. The van der Waals surface area contributed by atoms with E-state index in [-0.39, 0.29) is 0 Å². The molecule has 0 spiro atoms. The second-order valence-corrected chi connectivity index (χ2v) is 4.30. The molecule has 0 aromatic carbocycles. The normalized spacial score (nSPS) is 10.2. The van der Waals surface area contributed by atoms with Crippen LogP contribution in [0.3, 0.4) is 0 Å². The third-order valence-corrected chi connectivity index (χ3v) is 2.98. The van der Waals surface area contributed by atoms with E-state index < -0.39 is 0 Å². The molecule has 0 fully saturated rings. The van der Waals surface area contributed by atoms with Crippen molar-refractivity contribution in [1.82, 2.24) is 20.0 Å². The summed E-state index contributed by atoms with van der Waals surface area (Å²) in [6.07, 6.45) is 4.59. The van der Waals surface area contributed by atoms with Crippen molar-refractivity contribution in [2.75, 3.05) is 11.9 Å². The first-order valence-corrected chi connectivity index (χ1v) is 6.17. The van der Waals surface area contributed by atoms with Crippen LogP contribution >= 0.6 is 0 Å². The van der Waals surface area contributed by atoms with Gasteiger partial charge in [-0.05, 0) is 31.9 Å². The predicted octanol–water partition coefficient (Wildman–Crippen LogP) is 1.66. The van der Waals surface area contributed by atoms with E-state index >= 15 is 0 Å². The number of hydrogen-bond donors (Lipinski definition) is 1. The van der Waals surface area contributed by atoms with Gasteiger partial charge in [0.05, 0.1) is 5.69 Å². The molecule has 2 aromatic heterocycles. The molecule has 0 saturated heterocycles. The Bertz CT molecular complexity index is 582. The number of anilines is 1. The Balaban J connectivity index is 1.93. The molecular weight excluding hydrogens is 240 g/mol. The number of nitrogens with one attached hydrogen (secondary N) is 1. The summed E-state index contributed by atoms with van der Waals surface area (Å²) in [5.41, 5.74) is 2.25. The van der Waals surface area contributed by atoms with Crippen LogP contribution in [-0.4, -0.2) is 26.5 Å². The van der Waals surface area contributed by atoms with Gasteiger partial charge in [0.1, 0.15) is 11.6 Å². The van der Waals surface area contributed by atoms with Crippen molar-refractivity contribution in [3.8, 4) is 6.07 Å². The minimum Gasteiger partial charge on any atom is -0.367 e. The number of hydrogen-bond acceptors (Lipinski definition) is 5. The molecule has 0 unspecified atom stereocenters. The van der Waals surface area contributed by atoms with Crippen molar-refractivity contribution in [2.45, 2.75) is 26.8 Å². The van der Waals surface area contributed by atoms with Gasteiger partial charge >= 0.3 is 0 Å². The SMILES string of the molecule is Cc1nnc(NCCCn2cccn2)c(C#N)c1C. The van der Waals surface area contributed by atoms with E-state index in [9.17, 15) is 0 Å².